The number of fused-ring (bicyclic) bond motifs is 1. The first-order chi connectivity index (χ1) is 11.9. The van der Waals surface area contributed by atoms with E-state index in [-0.39, 0.29) is 5.69 Å². The number of hydrogen-bond acceptors (Lipinski definition) is 4. The van der Waals surface area contributed by atoms with Gasteiger partial charge < -0.3 is 14.8 Å². The maximum absolute atomic E-state index is 13.5. The van der Waals surface area contributed by atoms with Crippen LogP contribution in [0.4, 0.5) is 10.1 Å². The van der Waals surface area contributed by atoms with E-state index in [0.29, 0.717) is 33.6 Å². The maximum Gasteiger partial charge on any atom is 0.274 e. The molecule has 6 nitrogen and oxygen atoms in total. The lowest BCUT2D eigenvalue weighted by Gasteiger charge is -2.13. The lowest BCUT2D eigenvalue weighted by atomic mass is 10.2. The molecular formula is C17H15ClFN3O3. The summed E-state index contributed by atoms with van der Waals surface area (Å²) in [6, 6.07) is 5.89. The minimum atomic E-state index is -0.468. The molecule has 3 aromatic rings. The van der Waals surface area contributed by atoms with Crippen LogP contribution < -0.4 is 14.8 Å². The molecule has 0 radical (unpaired) electrons. The molecule has 1 aromatic carbocycles. The van der Waals surface area contributed by atoms with Crippen molar-refractivity contribution < 1.29 is 18.7 Å². The summed E-state index contributed by atoms with van der Waals surface area (Å²) in [7, 11) is 2.93. The van der Waals surface area contributed by atoms with Crippen molar-refractivity contribution in [3.63, 3.8) is 0 Å². The normalized spacial score (nSPS) is 10.8. The number of benzene rings is 1. The van der Waals surface area contributed by atoms with Crippen LogP contribution >= 0.6 is 11.6 Å². The number of amides is 1. The van der Waals surface area contributed by atoms with Crippen LogP contribution in [0.1, 0.15) is 16.2 Å². The third-order valence-corrected chi connectivity index (χ3v) is 3.99. The lowest BCUT2D eigenvalue weighted by molar-refractivity contribution is 0.102. The maximum atomic E-state index is 13.5. The van der Waals surface area contributed by atoms with Crippen molar-refractivity contribution >= 4 is 28.8 Å². The van der Waals surface area contributed by atoms with Gasteiger partial charge in [-0.05, 0) is 19.1 Å². The average Bonchev–Trinajstić information content (AvgIpc) is 2.91. The number of ether oxygens (including phenoxy) is 2. The fourth-order valence-corrected chi connectivity index (χ4v) is 2.78. The first kappa shape index (κ1) is 17.0. The van der Waals surface area contributed by atoms with E-state index in [1.54, 1.807) is 13.0 Å². The van der Waals surface area contributed by atoms with Crippen LogP contribution in [0.2, 0.25) is 5.02 Å². The molecule has 0 atom stereocenters. The molecular weight excluding hydrogens is 349 g/mol. The number of nitrogens with one attached hydrogen (secondary N) is 1. The Balaban J connectivity index is 2.04. The fourth-order valence-electron chi connectivity index (χ4n) is 2.55. The Bertz CT molecular complexity index is 971. The molecule has 0 aliphatic rings. The quantitative estimate of drug-likeness (QED) is 0.767. The van der Waals surface area contributed by atoms with Crippen LogP contribution in [0, 0.1) is 12.7 Å². The number of rotatable bonds is 4. The van der Waals surface area contributed by atoms with E-state index in [9.17, 15) is 9.18 Å². The summed E-state index contributed by atoms with van der Waals surface area (Å²) in [6.45, 7) is 1.68. The molecule has 0 saturated heterocycles. The topological polar surface area (TPSA) is 64.9 Å². The number of imidazole rings is 1. The Labute approximate surface area is 148 Å². The summed E-state index contributed by atoms with van der Waals surface area (Å²) in [5.41, 5.74) is 1.55. The summed E-state index contributed by atoms with van der Waals surface area (Å²) in [6.07, 6.45) is 1.21. The van der Waals surface area contributed by atoms with Gasteiger partial charge in [0.05, 0.1) is 30.6 Å². The number of nitrogens with zero attached hydrogens (tertiary/aromatic N) is 2. The third-order valence-electron chi connectivity index (χ3n) is 3.69. The van der Waals surface area contributed by atoms with E-state index in [0.717, 1.165) is 0 Å². The molecule has 0 aliphatic carbocycles. The monoisotopic (exact) mass is 363 g/mol. The Hall–Kier alpha value is -2.80. The Morgan fingerprint density at radius 1 is 1.24 bits per heavy atom. The molecule has 25 heavy (non-hydrogen) atoms. The molecule has 1 N–H and O–H groups in total. The first-order valence-corrected chi connectivity index (χ1v) is 7.69. The molecule has 8 heteroatoms. The molecule has 0 spiro atoms. The number of carbonyl (C=O) groups is 1. The molecule has 3 rings (SSSR count). The van der Waals surface area contributed by atoms with Gasteiger partial charge in [0.15, 0.2) is 0 Å². The van der Waals surface area contributed by atoms with Gasteiger partial charge in [-0.15, -0.1) is 0 Å². The van der Waals surface area contributed by atoms with Gasteiger partial charge in [-0.25, -0.2) is 9.37 Å². The van der Waals surface area contributed by atoms with Crippen molar-refractivity contribution in [1.29, 1.82) is 0 Å². The number of anilines is 1. The predicted molar refractivity (Wildman–Crippen MR) is 92.4 cm³/mol. The van der Waals surface area contributed by atoms with E-state index < -0.39 is 11.7 Å². The Morgan fingerprint density at radius 2 is 1.96 bits per heavy atom. The molecule has 0 saturated carbocycles. The zero-order valence-electron chi connectivity index (χ0n) is 13.8. The highest BCUT2D eigenvalue weighted by Crippen LogP contribution is 2.36. The van der Waals surface area contributed by atoms with Crippen molar-refractivity contribution in [1.82, 2.24) is 9.38 Å². The standard InChI is InChI=1S/C17H15ClFN3O3/c1-9-16(22-8-10(19)4-5-15(22)20-9)17(23)21-12-7-13(24-2)11(18)6-14(12)25-3/h4-8H,1-3H3,(H,21,23). The van der Waals surface area contributed by atoms with Crippen LogP contribution in [-0.4, -0.2) is 29.5 Å². The van der Waals surface area contributed by atoms with Crippen LogP contribution in [0.3, 0.4) is 0 Å². The highest BCUT2D eigenvalue weighted by molar-refractivity contribution is 6.32. The van der Waals surface area contributed by atoms with Crippen LogP contribution in [0.25, 0.3) is 5.65 Å². The van der Waals surface area contributed by atoms with Gasteiger partial charge in [0.2, 0.25) is 0 Å². The Kier molecular flexibility index (Phi) is 4.50. The number of hydrogen-bond donors (Lipinski definition) is 1. The summed E-state index contributed by atoms with van der Waals surface area (Å²) in [4.78, 5) is 17.0. The van der Waals surface area contributed by atoms with E-state index in [4.69, 9.17) is 21.1 Å². The van der Waals surface area contributed by atoms with Crippen molar-refractivity contribution in [2.45, 2.75) is 6.92 Å². The minimum Gasteiger partial charge on any atom is -0.495 e. The highest BCUT2D eigenvalue weighted by atomic mass is 35.5. The second-order valence-corrected chi connectivity index (χ2v) is 5.67. The van der Waals surface area contributed by atoms with Gasteiger partial charge in [0.25, 0.3) is 5.91 Å². The number of carbonyl (C=O) groups excluding carboxylic acids is 1. The summed E-state index contributed by atoms with van der Waals surface area (Å²) in [5.74, 6) is -0.168. The molecule has 0 unspecified atom stereocenters. The van der Waals surface area contributed by atoms with Crippen LogP contribution in [0.15, 0.2) is 30.5 Å². The molecule has 130 valence electrons. The highest BCUT2D eigenvalue weighted by Gasteiger charge is 2.19. The second kappa shape index (κ2) is 6.60. The van der Waals surface area contributed by atoms with Gasteiger partial charge in [-0.2, -0.15) is 0 Å². The molecule has 1 amide bonds. The number of aryl methyl sites for hydroxylation is 1. The van der Waals surface area contributed by atoms with E-state index in [2.05, 4.69) is 10.3 Å². The molecule has 0 aliphatic heterocycles. The number of halogens is 2. The smallest absolute Gasteiger partial charge is 0.274 e. The number of pyridine rings is 1. The number of methoxy groups -OCH3 is 2. The van der Waals surface area contributed by atoms with E-state index >= 15 is 0 Å². The third kappa shape index (κ3) is 3.10. The van der Waals surface area contributed by atoms with Crippen LogP contribution in [-0.2, 0) is 0 Å². The zero-order valence-corrected chi connectivity index (χ0v) is 14.5. The van der Waals surface area contributed by atoms with Crippen LogP contribution in [0.5, 0.6) is 11.5 Å². The van der Waals surface area contributed by atoms with E-state index in [1.165, 1.54) is 43.0 Å². The second-order valence-electron chi connectivity index (χ2n) is 5.26. The molecule has 0 bridgehead atoms. The predicted octanol–water partition coefficient (Wildman–Crippen LogP) is 3.70. The zero-order chi connectivity index (χ0) is 18.1. The van der Waals surface area contributed by atoms with Gasteiger partial charge in [0.1, 0.15) is 28.7 Å². The number of aromatic nitrogens is 2. The fraction of sp³-hybridized carbons (Fsp3) is 0.176. The van der Waals surface area contributed by atoms with Crippen molar-refractivity contribution in [2.75, 3.05) is 19.5 Å². The minimum absolute atomic E-state index is 0.227. The molecule has 2 aromatic heterocycles. The molecule has 2 heterocycles. The average molecular weight is 364 g/mol. The first-order valence-electron chi connectivity index (χ1n) is 7.31. The summed E-state index contributed by atoms with van der Waals surface area (Å²) < 4.78 is 25.4. The van der Waals surface area contributed by atoms with Crippen molar-refractivity contribution in [3.05, 3.63) is 52.7 Å². The van der Waals surface area contributed by atoms with E-state index in [1.807, 2.05) is 0 Å². The van der Waals surface area contributed by atoms with Gasteiger partial charge >= 0.3 is 0 Å². The summed E-state index contributed by atoms with van der Waals surface area (Å²) in [5, 5.41) is 3.08. The Morgan fingerprint density at radius 3 is 2.64 bits per heavy atom. The SMILES string of the molecule is COc1cc(NC(=O)c2c(C)nc3ccc(F)cn23)c(OC)cc1Cl. The van der Waals surface area contributed by atoms with Gasteiger partial charge in [-0.1, -0.05) is 11.6 Å². The van der Waals surface area contributed by atoms with Crippen molar-refractivity contribution in [2.24, 2.45) is 0 Å². The summed E-state index contributed by atoms with van der Waals surface area (Å²) >= 11 is 6.06. The lowest BCUT2D eigenvalue weighted by Crippen LogP contribution is -2.16. The van der Waals surface area contributed by atoms with Gasteiger partial charge in [0, 0.05) is 18.3 Å². The van der Waals surface area contributed by atoms with Crippen molar-refractivity contribution in [3.8, 4) is 11.5 Å². The molecule has 0 fully saturated rings. The largest absolute Gasteiger partial charge is 0.495 e. The van der Waals surface area contributed by atoms with Gasteiger partial charge in [-0.3, -0.25) is 9.20 Å².